The number of hydrogen-bond donors (Lipinski definition) is 0. The minimum Gasteiger partial charge on any atom is -0.341 e. The van der Waals surface area contributed by atoms with Gasteiger partial charge >= 0.3 is 0 Å². The fraction of sp³-hybridized carbons (Fsp3) is 0.400. The zero-order chi connectivity index (χ0) is 27.0. The highest BCUT2D eigenvalue weighted by Gasteiger charge is 2.55. The number of anilines is 1. The number of rotatable bonds is 5. The van der Waals surface area contributed by atoms with Gasteiger partial charge in [0.15, 0.2) is 0 Å². The molecule has 3 aromatic carbocycles. The number of piperidine rings is 2. The first-order chi connectivity index (χ1) is 18.9. The van der Waals surface area contributed by atoms with Gasteiger partial charge in [0.2, 0.25) is 21.8 Å². The number of nitrogens with zero attached hydrogens (tertiary/aromatic N) is 4. The Kier molecular flexibility index (Phi) is 6.81. The second-order valence-electron chi connectivity index (χ2n) is 10.8. The van der Waals surface area contributed by atoms with E-state index in [1.54, 1.807) is 17.0 Å². The van der Waals surface area contributed by atoms with E-state index in [4.69, 9.17) is 0 Å². The van der Waals surface area contributed by atoms with Crippen LogP contribution < -0.4 is 4.90 Å². The van der Waals surface area contributed by atoms with Crippen LogP contribution in [0, 0.1) is 0 Å². The van der Waals surface area contributed by atoms with Crippen molar-refractivity contribution < 1.29 is 18.0 Å². The Bertz CT molecular complexity index is 1480. The topological polar surface area (TPSA) is 81.2 Å². The van der Waals surface area contributed by atoms with Crippen molar-refractivity contribution in [3.05, 3.63) is 72.8 Å². The minimum atomic E-state index is -3.72. The molecule has 0 bridgehead atoms. The Balaban J connectivity index is 1.24. The van der Waals surface area contributed by atoms with E-state index in [1.807, 2.05) is 65.6 Å². The maximum absolute atomic E-state index is 14.0. The molecule has 0 atom stereocenters. The molecular formula is C30H34N4O4S. The van der Waals surface area contributed by atoms with Crippen LogP contribution in [-0.4, -0.2) is 79.3 Å². The highest BCUT2D eigenvalue weighted by molar-refractivity contribution is 7.89. The summed E-state index contributed by atoms with van der Waals surface area (Å²) >= 11 is 0. The van der Waals surface area contributed by atoms with Gasteiger partial charge in [0.05, 0.1) is 11.6 Å². The predicted molar refractivity (Wildman–Crippen MR) is 151 cm³/mol. The van der Waals surface area contributed by atoms with Gasteiger partial charge < -0.3 is 14.7 Å². The van der Waals surface area contributed by atoms with Gasteiger partial charge in [-0.05, 0) is 67.1 Å². The molecule has 3 aromatic rings. The van der Waals surface area contributed by atoms with Crippen molar-refractivity contribution >= 4 is 38.3 Å². The number of likely N-dealkylation sites (tertiary alicyclic amines) is 1. The van der Waals surface area contributed by atoms with Gasteiger partial charge in [0.1, 0.15) is 12.1 Å². The molecule has 9 heteroatoms. The SMILES string of the molecule is O=C(CN1CN(c2ccccc2)C2(CCN(S(=O)(=O)c3ccc4ccccc4c3)CC2)C1=O)N1CCCCC1. The number of amides is 2. The number of sulfonamides is 1. The van der Waals surface area contributed by atoms with Crippen molar-refractivity contribution in [1.29, 1.82) is 0 Å². The maximum Gasteiger partial charge on any atom is 0.250 e. The number of fused-ring (bicyclic) bond motifs is 1. The molecule has 2 amide bonds. The molecule has 3 aliphatic rings. The van der Waals surface area contributed by atoms with Crippen molar-refractivity contribution in [2.24, 2.45) is 0 Å². The van der Waals surface area contributed by atoms with Gasteiger partial charge in [-0.1, -0.05) is 48.5 Å². The van der Waals surface area contributed by atoms with Crippen LogP contribution in [-0.2, 0) is 19.6 Å². The quantitative estimate of drug-likeness (QED) is 0.488. The third-order valence-electron chi connectivity index (χ3n) is 8.53. The molecule has 3 saturated heterocycles. The molecule has 8 nitrogen and oxygen atoms in total. The van der Waals surface area contributed by atoms with Crippen molar-refractivity contribution in [2.75, 3.05) is 44.3 Å². The standard InChI is InChI=1S/C30H34N4O4S/c35-28(31-17-7-2-8-18-31)22-32-23-34(26-11-3-1-4-12-26)30(29(32)36)15-19-33(20-16-30)39(37,38)27-14-13-24-9-5-6-10-25(24)21-27/h1,3-6,9-14,21H,2,7-8,15-20,22-23H2. The van der Waals surface area contributed by atoms with Gasteiger partial charge in [0.25, 0.3) is 0 Å². The van der Waals surface area contributed by atoms with Crippen molar-refractivity contribution in [3.8, 4) is 0 Å². The van der Waals surface area contributed by atoms with Crippen LogP contribution in [0.2, 0.25) is 0 Å². The molecule has 39 heavy (non-hydrogen) atoms. The molecule has 0 saturated carbocycles. The predicted octanol–water partition coefficient (Wildman–Crippen LogP) is 3.68. The first-order valence-corrected chi connectivity index (χ1v) is 15.2. The molecule has 3 heterocycles. The fourth-order valence-corrected chi connectivity index (χ4v) is 7.78. The molecule has 3 fully saturated rings. The van der Waals surface area contributed by atoms with E-state index in [1.165, 1.54) is 4.31 Å². The van der Waals surface area contributed by atoms with Crippen molar-refractivity contribution in [2.45, 2.75) is 42.5 Å². The first-order valence-electron chi connectivity index (χ1n) is 13.8. The maximum atomic E-state index is 14.0. The van der Waals surface area contributed by atoms with Gasteiger partial charge in [-0.15, -0.1) is 0 Å². The summed E-state index contributed by atoms with van der Waals surface area (Å²) in [6, 6.07) is 22.7. The largest absolute Gasteiger partial charge is 0.341 e. The molecule has 3 aliphatic heterocycles. The molecule has 0 aliphatic carbocycles. The number of benzene rings is 3. The van der Waals surface area contributed by atoms with Crippen LogP contribution in [0.3, 0.4) is 0 Å². The summed E-state index contributed by atoms with van der Waals surface area (Å²) in [5, 5.41) is 1.87. The number of hydrogen-bond acceptors (Lipinski definition) is 5. The van der Waals surface area contributed by atoms with Crippen LogP contribution in [0.25, 0.3) is 10.8 Å². The number of para-hydroxylation sites is 1. The highest BCUT2D eigenvalue weighted by Crippen LogP contribution is 2.40. The van der Waals surface area contributed by atoms with Gasteiger partial charge in [-0.3, -0.25) is 9.59 Å². The summed E-state index contributed by atoms with van der Waals surface area (Å²) in [5.41, 5.74) is 0.0310. The summed E-state index contributed by atoms with van der Waals surface area (Å²) in [5.74, 6) is -0.0936. The van der Waals surface area contributed by atoms with Crippen LogP contribution in [0.4, 0.5) is 5.69 Å². The molecule has 6 rings (SSSR count). The Morgan fingerprint density at radius 3 is 2.18 bits per heavy atom. The molecule has 0 unspecified atom stereocenters. The summed E-state index contributed by atoms with van der Waals surface area (Å²) in [6.07, 6.45) is 3.86. The van der Waals surface area contributed by atoms with Gasteiger partial charge in [-0.2, -0.15) is 4.31 Å². The molecule has 204 valence electrons. The number of carbonyl (C=O) groups excluding carboxylic acids is 2. The van der Waals surface area contributed by atoms with Crippen molar-refractivity contribution in [1.82, 2.24) is 14.1 Å². The zero-order valence-electron chi connectivity index (χ0n) is 22.0. The molecule has 0 aromatic heterocycles. The van der Waals surface area contributed by atoms with Crippen LogP contribution in [0.15, 0.2) is 77.7 Å². The normalized spacial score (nSPS) is 20.2. The first kappa shape index (κ1) is 25.8. The summed E-state index contributed by atoms with van der Waals surface area (Å²) < 4.78 is 28.7. The third kappa shape index (κ3) is 4.67. The number of carbonyl (C=O) groups is 2. The molecular weight excluding hydrogens is 512 g/mol. The Morgan fingerprint density at radius 1 is 0.795 bits per heavy atom. The monoisotopic (exact) mass is 546 g/mol. The zero-order valence-corrected chi connectivity index (χ0v) is 22.9. The fourth-order valence-electron chi connectivity index (χ4n) is 6.30. The van der Waals surface area contributed by atoms with Crippen LogP contribution in [0.1, 0.15) is 32.1 Å². The Hall–Kier alpha value is -3.43. The lowest BCUT2D eigenvalue weighted by Gasteiger charge is -2.42. The van der Waals surface area contributed by atoms with E-state index in [0.717, 1.165) is 48.8 Å². The van der Waals surface area contributed by atoms with E-state index in [9.17, 15) is 18.0 Å². The van der Waals surface area contributed by atoms with Gasteiger partial charge in [0, 0.05) is 31.9 Å². The highest BCUT2D eigenvalue weighted by atomic mass is 32.2. The van der Waals surface area contributed by atoms with Crippen LogP contribution >= 0.6 is 0 Å². The smallest absolute Gasteiger partial charge is 0.250 e. The van der Waals surface area contributed by atoms with Gasteiger partial charge in [-0.25, -0.2) is 8.42 Å². The molecule has 0 N–H and O–H groups in total. The Morgan fingerprint density at radius 2 is 1.46 bits per heavy atom. The lowest BCUT2D eigenvalue weighted by molar-refractivity contribution is -0.141. The summed E-state index contributed by atoms with van der Waals surface area (Å²) in [7, 11) is -3.72. The van der Waals surface area contributed by atoms with E-state index in [-0.39, 0.29) is 36.3 Å². The summed E-state index contributed by atoms with van der Waals surface area (Å²) in [4.78, 5) is 33.0. The van der Waals surface area contributed by atoms with E-state index in [2.05, 4.69) is 4.90 Å². The lowest BCUT2D eigenvalue weighted by Crippen LogP contribution is -2.57. The van der Waals surface area contributed by atoms with E-state index in [0.29, 0.717) is 19.5 Å². The van der Waals surface area contributed by atoms with E-state index < -0.39 is 15.6 Å². The Labute approximate surface area is 229 Å². The van der Waals surface area contributed by atoms with E-state index >= 15 is 0 Å². The molecule has 0 radical (unpaired) electrons. The molecule has 1 spiro atoms. The minimum absolute atomic E-state index is 0.00979. The average molecular weight is 547 g/mol. The average Bonchev–Trinajstić information content (AvgIpc) is 3.24. The lowest BCUT2D eigenvalue weighted by atomic mass is 9.86. The second-order valence-corrected chi connectivity index (χ2v) is 12.7. The second kappa shape index (κ2) is 10.3. The third-order valence-corrected chi connectivity index (χ3v) is 10.4. The summed E-state index contributed by atoms with van der Waals surface area (Å²) in [6.45, 7) is 2.34. The van der Waals surface area contributed by atoms with Crippen LogP contribution in [0.5, 0.6) is 0 Å². The van der Waals surface area contributed by atoms with Crippen molar-refractivity contribution in [3.63, 3.8) is 0 Å².